The Morgan fingerprint density at radius 1 is 1.10 bits per heavy atom. The fourth-order valence-electron chi connectivity index (χ4n) is 7.47. The van der Waals surface area contributed by atoms with Crippen LogP contribution in [0.5, 0.6) is 0 Å². The van der Waals surface area contributed by atoms with E-state index in [0.717, 1.165) is 56.9 Å². The number of esters is 1. The Balaban J connectivity index is 1.44. The molecule has 0 aromatic heterocycles. The van der Waals surface area contributed by atoms with Gasteiger partial charge in [0.25, 0.3) is 0 Å². The predicted molar refractivity (Wildman–Crippen MR) is 159 cm³/mol. The van der Waals surface area contributed by atoms with Crippen LogP contribution in [0.3, 0.4) is 0 Å². The van der Waals surface area contributed by atoms with Gasteiger partial charge in [0.1, 0.15) is 5.57 Å². The molecule has 4 aliphatic rings. The second-order valence-electron chi connectivity index (χ2n) is 12.9. The molecule has 42 heavy (non-hydrogen) atoms. The van der Waals surface area contributed by atoms with E-state index in [4.69, 9.17) is 18.9 Å². The minimum atomic E-state index is -0.840. The summed E-state index contributed by atoms with van der Waals surface area (Å²) in [5.74, 6) is -1.95. The summed E-state index contributed by atoms with van der Waals surface area (Å²) in [5, 5.41) is 20.8. The second kappa shape index (κ2) is 14.5. The van der Waals surface area contributed by atoms with Gasteiger partial charge in [-0.15, -0.1) is 0 Å². The molecule has 8 nitrogen and oxygen atoms in total. The van der Waals surface area contributed by atoms with Gasteiger partial charge in [0.2, 0.25) is 0 Å². The topological polar surface area (TPSA) is 112 Å². The number of rotatable bonds is 11. The average Bonchev–Trinajstić information content (AvgIpc) is 3.54. The fraction of sp³-hybridized carbons (Fsp3) is 0.706. The van der Waals surface area contributed by atoms with Gasteiger partial charge in [-0.2, -0.15) is 0 Å². The lowest BCUT2D eigenvalue weighted by Gasteiger charge is -2.40. The van der Waals surface area contributed by atoms with Crippen LogP contribution < -0.4 is 0 Å². The van der Waals surface area contributed by atoms with Crippen molar-refractivity contribution in [2.45, 2.75) is 110 Å². The van der Waals surface area contributed by atoms with E-state index < -0.39 is 23.4 Å². The van der Waals surface area contributed by atoms with Crippen molar-refractivity contribution in [1.29, 1.82) is 0 Å². The van der Waals surface area contributed by atoms with Gasteiger partial charge in [-0.25, -0.2) is 4.79 Å². The highest BCUT2D eigenvalue weighted by atomic mass is 16.6. The number of hydrogen-bond donors (Lipinski definition) is 2. The van der Waals surface area contributed by atoms with Gasteiger partial charge in [-0.05, 0) is 74.7 Å². The summed E-state index contributed by atoms with van der Waals surface area (Å²) < 4.78 is 23.1. The molecule has 0 aromatic carbocycles. The zero-order valence-corrected chi connectivity index (χ0v) is 25.9. The van der Waals surface area contributed by atoms with Crippen LogP contribution in [0.15, 0.2) is 47.5 Å². The molecule has 3 fully saturated rings. The molecule has 234 valence electrons. The van der Waals surface area contributed by atoms with Crippen molar-refractivity contribution in [3.05, 3.63) is 47.5 Å². The second-order valence-corrected chi connectivity index (χ2v) is 12.9. The van der Waals surface area contributed by atoms with Gasteiger partial charge in [0, 0.05) is 13.0 Å². The van der Waals surface area contributed by atoms with Crippen molar-refractivity contribution in [3.63, 3.8) is 0 Å². The van der Waals surface area contributed by atoms with Crippen LogP contribution in [0.1, 0.15) is 79.1 Å². The highest BCUT2D eigenvalue weighted by molar-refractivity contribution is 6.20. The first-order valence-corrected chi connectivity index (χ1v) is 15.8. The Hall–Kier alpha value is -2.26. The highest BCUT2D eigenvalue weighted by Gasteiger charge is 2.43. The Kier molecular flexibility index (Phi) is 11.3. The molecule has 2 saturated heterocycles. The number of ketones is 1. The van der Waals surface area contributed by atoms with Crippen LogP contribution in [0.2, 0.25) is 0 Å². The Morgan fingerprint density at radius 2 is 1.86 bits per heavy atom. The van der Waals surface area contributed by atoms with E-state index in [2.05, 4.69) is 38.7 Å². The van der Waals surface area contributed by atoms with Crippen LogP contribution in [0, 0.1) is 29.6 Å². The number of ether oxygens (including phenoxy) is 4. The Morgan fingerprint density at radius 3 is 2.52 bits per heavy atom. The predicted octanol–water partition coefficient (Wildman–Crippen LogP) is 5.76. The quantitative estimate of drug-likeness (QED) is 0.179. The number of hydrogen-bond acceptors (Lipinski definition) is 8. The number of carbonyl (C=O) groups is 2. The molecule has 10 unspecified atom stereocenters. The summed E-state index contributed by atoms with van der Waals surface area (Å²) >= 11 is 0. The molecule has 1 saturated carbocycles. The first-order valence-electron chi connectivity index (χ1n) is 15.8. The summed E-state index contributed by atoms with van der Waals surface area (Å²) in [6, 6.07) is 0. The molecule has 0 aromatic rings. The van der Waals surface area contributed by atoms with E-state index in [1.165, 1.54) is 0 Å². The summed E-state index contributed by atoms with van der Waals surface area (Å²) in [6.45, 7) is 11.6. The third kappa shape index (κ3) is 7.26. The van der Waals surface area contributed by atoms with Crippen molar-refractivity contribution in [1.82, 2.24) is 0 Å². The molecule has 1 aliphatic carbocycles. The van der Waals surface area contributed by atoms with Gasteiger partial charge in [-0.3, -0.25) is 4.79 Å². The molecule has 10 atom stereocenters. The number of cyclic esters (lactones) is 1. The van der Waals surface area contributed by atoms with E-state index in [-0.39, 0.29) is 72.1 Å². The Bertz CT molecular complexity index is 1090. The van der Waals surface area contributed by atoms with Gasteiger partial charge < -0.3 is 29.2 Å². The van der Waals surface area contributed by atoms with Crippen LogP contribution >= 0.6 is 0 Å². The zero-order valence-electron chi connectivity index (χ0n) is 25.9. The third-order valence-corrected chi connectivity index (χ3v) is 10.0. The zero-order chi connectivity index (χ0) is 30.6. The number of carbonyl (C=O) groups excluding carboxylic acids is 2. The lowest BCUT2D eigenvalue weighted by molar-refractivity contribution is -0.136. The largest absolute Gasteiger partial charge is 0.504 e. The minimum absolute atomic E-state index is 0.0331. The van der Waals surface area contributed by atoms with Crippen LogP contribution in [0.25, 0.3) is 0 Å². The van der Waals surface area contributed by atoms with E-state index in [1.54, 1.807) is 7.11 Å². The van der Waals surface area contributed by atoms with Crippen molar-refractivity contribution >= 4 is 11.8 Å². The molecule has 4 rings (SSSR count). The van der Waals surface area contributed by atoms with Crippen LogP contribution in [0.4, 0.5) is 0 Å². The highest BCUT2D eigenvalue weighted by Crippen LogP contribution is 2.43. The molecular weight excluding hydrogens is 536 g/mol. The molecule has 0 amide bonds. The monoisotopic (exact) mass is 586 g/mol. The lowest BCUT2D eigenvalue weighted by Crippen LogP contribution is -2.38. The molecule has 8 heteroatoms. The van der Waals surface area contributed by atoms with Crippen LogP contribution in [-0.2, 0) is 28.5 Å². The molecule has 3 heterocycles. The molecular formula is C34H50O8. The Labute approximate surface area is 250 Å². The van der Waals surface area contributed by atoms with E-state index in [9.17, 15) is 19.8 Å². The van der Waals surface area contributed by atoms with Gasteiger partial charge in [0.15, 0.2) is 17.3 Å². The van der Waals surface area contributed by atoms with Crippen molar-refractivity contribution < 1.29 is 38.7 Å². The molecule has 0 radical (unpaired) electrons. The standard InChI is InChI=1S/C34H50O8/c1-19-9-7-10-24(29(19)21(3)31(36)30-32(37)23(5)40-34(30)38)17-25(18-35)33-20(2)13-14-27(42-33)12-8-11-26-15-16-28(41-26)22(4)39-6/h8,12,17,19-22,24,26-29,33,35,37H,5,7,9-11,13-16,18H2,1-4,6H3. The third-order valence-electron chi connectivity index (χ3n) is 10.0. The first-order chi connectivity index (χ1) is 20.0. The maximum atomic E-state index is 13.4. The van der Waals surface area contributed by atoms with Gasteiger partial charge in [0.05, 0.1) is 37.1 Å². The molecule has 2 N–H and O–H groups in total. The summed E-state index contributed by atoms with van der Waals surface area (Å²) in [7, 11) is 1.72. The lowest BCUT2D eigenvalue weighted by atomic mass is 9.65. The first kappa shape index (κ1) is 32.6. The summed E-state index contributed by atoms with van der Waals surface area (Å²) in [5.41, 5.74) is 0.552. The smallest absolute Gasteiger partial charge is 0.351 e. The number of methoxy groups -OCH3 is 1. The number of aliphatic hydroxyl groups excluding tert-OH is 2. The minimum Gasteiger partial charge on any atom is -0.504 e. The number of allylic oxidation sites excluding steroid dienone is 1. The summed E-state index contributed by atoms with van der Waals surface area (Å²) in [4.78, 5) is 25.7. The van der Waals surface area contributed by atoms with E-state index >= 15 is 0 Å². The number of aliphatic hydroxyl groups is 2. The van der Waals surface area contributed by atoms with E-state index in [1.807, 2.05) is 13.8 Å². The maximum absolute atomic E-state index is 13.4. The normalized spacial score (nSPS) is 36.0. The van der Waals surface area contributed by atoms with Crippen molar-refractivity contribution in [3.8, 4) is 0 Å². The molecule has 3 aliphatic heterocycles. The maximum Gasteiger partial charge on any atom is 0.351 e. The van der Waals surface area contributed by atoms with E-state index in [0.29, 0.717) is 0 Å². The van der Waals surface area contributed by atoms with Crippen LogP contribution in [-0.4, -0.2) is 66.2 Å². The van der Waals surface area contributed by atoms with Crippen molar-refractivity contribution in [2.75, 3.05) is 13.7 Å². The van der Waals surface area contributed by atoms with Crippen molar-refractivity contribution in [2.24, 2.45) is 29.6 Å². The average molecular weight is 587 g/mol. The SMILES string of the molecule is C=C1OC(=O)C(C(=O)C(C)C2C(C)CCCC2C=C(CO)C2OC(C=CCC3CCC(C(C)OC)O3)CCC2C)=C1O. The fourth-order valence-corrected chi connectivity index (χ4v) is 7.47. The van der Waals surface area contributed by atoms with Gasteiger partial charge in [-0.1, -0.05) is 58.4 Å². The molecule has 0 spiro atoms. The van der Waals surface area contributed by atoms with Gasteiger partial charge >= 0.3 is 5.97 Å². The summed E-state index contributed by atoms with van der Waals surface area (Å²) in [6.07, 6.45) is 14.3. The number of Topliss-reactive ketones (excluding diaryl/α,β-unsaturated/α-hetero) is 1. The molecule has 0 bridgehead atoms.